The number of Topliss-reactive ketones (excluding diaryl/α,β-unsaturated/α-hetero) is 1. The smallest absolute Gasteiger partial charge is 0.283 e. The van der Waals surface area contributed by atoms with E-state index >= 15 is 0 Å². The Morgan fingerprint density at radius 1 is 1.34 bits per heavy atom. The summed E-state index contributed by atoms with van der Waals surface area (Å²) in [6.45, 7) is 1.44. The summed E-state index contributed by atoms with van der Waals surface area (Å²) in [4.78, 5) is 20.7. The number of amidine groups is 1. The zero-order valence-electron chi connectivity index (χ0n) is 17.3. The third-order valence-corrected chi connectivity index (χ3v) is 6.16. The van der Waals surface area contributed by atoms with Crippen LogP contribution in [0.4, 0.5) is 13.2 Å². The van der Waals surface area contributed by atoms with E-state index in [-0.39, 0.29) is 42.3 Å². The van der Waals surface area contributed by atoms with E-state index in [1.165, 1.54) is 37.4 Å². The number of carbonyl (C=O) groups is 1. The van der Waals surface area contributed by atoms with Crippen molar-refractivity contribution >= 4 is 11.8 Å². The van der Waals surface area contributed by atoms with Crippen LogP contribution in [0, 0.1) is 23.1 Å². The highest BCUT2D eigenvalue weighted by atomic mass is 19.3. The zero-order chi connectivity index (χ0) is 23.1. The first kappa shape index (κ1) is 21.8. The summed E-state index contributed by atoms with van der Waals surface area (Å²) in [5.74, 6) is -5.57. The van der Waals surface area contributed by atoms with E-state index in [2.05, 4.69) is 9.98 Å². The van der Waals surface area contributed by atoms with Crippen LogP contribution in [-0.2, 0) is 16.7 Å². The predicted octanol–water partition coefficient (Wildman–Crippen LogP) is 3.88. The minimum absolute atomic E-state index is 0.0570. The van der Waals surface area contributed by atoms with Crippen LogP contribution in [0.5, 0.6) is 0 Å². The van der Waals surface area contributed by atoms with Gasteiger partial charge in [0.25, 0.3) is 11.9 Å². The van der Waals surface area contributed by atoms with Crippen LogP contribution in [0.3, 0.4) is 0 Å². The van der Waals surface area contributed by atoms with Crippen molar-refractivity contribution in [2.24, 2.45) is 16.6 Å². The zero-order valence-corrected chi connectivity index (χ0v) is 17.3. The van der Waals surface area contributed by atoms with Crippen LogP contribution >= 0.6 is 0 Å². The normalized spacial score (nSPS) is 26.3. The van der Waals surface area contributed by atoms with Crippen molar-refractivity contribution < 1.29 is 22.7 Å². The lowest BCUT2D eigenvalue weighted by atomic mass is 9.67. The molecule has 0 bridgehead atoms. The highest BCUT2D eigenvalue weighted by Gasteiger charge is 2.60. The van der Waals surface area contributed by atoms with E-state index in [1.807, 2.05) is 6.07 Å². The Bertz CT molecular complexity index is 1130. The SMILES string of the molecule is C[C@]1(c2cc(CC(=O)c3ccc(C#N)cn3)ccc2F)N=C(N)O[C@@H]2CCCC(F)(F)[C@@H]21. The Morgan fingerprint density at radius 2 is 2.12 bits per heavy atom. The summed E-state index contributed by atoms with van der Waals surface area (Å²) in [5, 5.41) is 8.85. The van der Waals surface area contributed by atoms with E-state index < -0.39 is 29.3 Å². The molecule has 2 heterocycles. The van der Waals surface area contributed by atoms with Crippen LogP contribution in [0.2, 0.25) is 0 Å². The summed E-state index contributed by atoms with van der Waals surface area (Å²) in [6, 6.07) is 8.53. The molecule has 0 spiro atoms. The minimum atomic E-state index is -3.12. The fourth-order valence-electron chi connectivity index (χ4n) is 4.71. The number of rotatable bonds is 4. The molecule has 0 saturated heterocycles. The molecule has 32 heavy (non-hydrogen) atoms. The van der Waals surface area contributed by atoms with Gasteiger partial charge in [0.05, 0.1) is 11.5 Å². The number of nitrogens with two attached hydrogens (primary N) is 1. The number of fused-ring (bicyclic) bond motifs is 1. The van der Waals surface area contributed by atoms with Gasteiger partial charge in [0.1, 0.15) is 29.2 Å². The Labute approximate surface area is 182 Å². The number of ether oxygens (including phenoxy) is 1. The van der Waals surface area contributed by atoms with Gasteiger partial charge in [-0.15, -0.1) is 0 Å². The summed E-state index contributed by atoms with van der Waals surface area (Å²) in [7, 11) is 0. The van der Waals surface area contributed by atoms with E-state index in [0.717, 1.165) is 6.07 Å². The average Bonchev–Trinajstić information content (AvgIpc) is 2.74. The number of ketones is 1. The topological polar surface area (TPSA) is 101 Å². The maximum absolute atomic E-state index is 15.0. The van der Waals surface area contributed by atoms with Crippen LogP contribution in [0.15, 0.2) is 41.5 Å². The molecule has 9 heteroatoms. The van der Waals surface area contributed by atoms with E-state index in [9.17, 15) is 18.0 Å². The van der Waals surface area contributed by atoms with Gasteiger partial charge in [-0.3, -0.25) is 9.78 Å². The molecule has 1 aliphatic heterocycles. The number of carbonyl (C=O) groups excluding carboxylic acids is 1. The molecule has 1 aromatic carbocycles. The van der Waals surface area contributed by atoms with E-state index in [1.54, 1.807) is 0 Å². The number of hydrogen-bond donors (Lipinski definition) is 1. The third kappa shape index (κ3) is 3.81. The van der Waals surface area contributed by atoms with Crippen LogP contribution in [0.25, 0.3) is 0 Å². The summed E-state index contributed by atoms with van der Waals surface area (Å²) in [6.07, 6.45) is 0.584. The molecule has 3 atom stereocenters. The molecule has 166 valence electrons. The van der Waals surface area contributed by atoms with E-state index in [0.29, 0.717) is 17.5 Å². The maximum Gasteiger partial charge on any atom is 0.283 e. The number of hydrogen-bond acceptors (Lipinski definition) is 6. The monoisotopic (exact) mass is 442 g/mol. The summed E-state index contributed by atoms with van der Waals surface area (Å²) in [5.41, 5.74) is 4.96. The van der Waals surface area contributed by atoms with Gasteiger partial charge in [0, 0.05) is 24.6 Å². The molecule has 1 aromatic heterocycles. The standard InChI is InChI=1S/C23H21F3N4O2/c1-22(20-19(32-21(28)30-22)3-2-8-23(20,25)26)15-9-13(4-6-16(15)24)10-18(31)17-7-5-14(11-27)12-29-17/h4-7,9,12,19-20H,2-3,8,10H2,1H3,(H2,28,30)/t19-,20+,22-/m1/s1. The molecule has 2 aliphatic rings. The number of alkyl halides is 2. The lowest BCUT2D eigenvalue weighted by Crippen LogP contribution is -2.57. The molecular weight excluding hydrogens is 421 g/mol. The summed E-state index contributed by atoms with van der Waals surface area (Å²) < 4.78 is 50.3. The van der Waals surface area contributed by atoms with Gasteiger partial charge >= 0.3 is 0 Å². The lowest BCUT2D eigenvalue weighted by molar-refractivity contribution is -0.163. The number of nitrogens with zero attached hydrogens (tertiary/aromatic N) is 3. The number of aromatic nitrogens is 1. The molecular formula is C23H21F3N4O2. The fourth-order valence-corrected chi connectivity index (χ4v) is 4.71. The highest BCUT2D eigenvalue weighted by molar-refractivity contribution is 5.95. The molecule has 6 nitrogen and oxygen atoms in total. The van der Waals surface area contributed by atoms with Crippen molar-refractivity contribution in [2.75, 3.05) is 0 Å². The summed E-state index contributed by atoms with van der Waals surface area (Å²) >= 11 is 0. The third-order valence-electron chi connectivity index (χ3n) is 6.16. The quantitative estimate of drug-likeness (QED) is 0.724. The van der Waals surface area contributed by atoms with Crippen molar-refractivity contribution in [3.05, 3.63) is 64.7 Å². The largest absolute Gasteiger partial charge is 0.461 e. The maximum atomic E-state index is 15.0. The van der Waals surface area contributed by atoms with Crippen molar-refractivity contribution in [3.63, 3.8) is 0 Å². The number of benzene rings is 1. The van der Waals surface area contributed by atoms with Gasteiger partial charge < -0.3 is 10.5 Å². The van der Waals surface area contributed by atoms with E-state index in [4.69, 9.17) is 15.7 Å². The molecule has 1 fully saturated rings. The lowest BCUT2D eigenvalue weighted by Gasteiger charge is -2.48. The minimum Gasteiger partial charge on any atom is -0.461 e. The average molecular weight is 442 g/mol. The van der Waals surface area contributed by atoms with Crippen molar-refractivity contribution in [3.8, 4) is 6.07 Å². The van der Waals surface area contributed by atoms with Gasteiger partial charge in [-0.2, -0.15) is 5.26 Å². The molecule has 1 aliphatic carbocycles. The second kappa shape index (κ2) is 7.93. The van der Waals surface area contributed by atoms with Crippen LogP contribution < -0.4 is 5.73 Å². The highest BCUT2D eigenvalue weighted by Crippen LogP contribution is 2.53. The number of aliphatic imine (C=N–C) groups is 1. The van der Waals surface area contributed by atoms with Gasteiger partial charge in [0.2, 0.25) is 0 Å². The molecule has 0 radical (unpaired) electrons. The van der Waals surface area contributed by atoms with Crippen molar-refractivity contribution in [2.45, 2.75) is 50.2 Å². The number of nitriles is 1. The molecule has 0 amide bonds. The molecule has 2 aromatic rings. The predicted molar refractivity (Wildman–Crippen MR) is 110 cm³/mol. The van der Waals surface area contributed by atoms with Crippen molar-refractivity contribution in [1.82, 2.24) is 4.98 Å². The first-order valence-electron chi connectivity index (χ1n) is 10.2. The van der Waals surface area contributed by atoms with Gasteiger partial charge in [-0.1, -0.05) is 6.07 Å². The Balaban J connectivity index is 1.70. The number of halogens is 3. The van der Waals surface area contributed by atoms with Gasteiger partial charge in [-0.25, -0.2) is 18.2 Å². The van der Waals surface area contributed by atoms with Gasteiger partial charge in [0.15, 0.2) is 5.78 Å². The Morgan fingerprint density at radius 3 is 2.81 bits per heavy atom. The Hall–Kier alpha value is -3.41. The first-order valence-corrected chi connectivity index (χ1v) is 10.2. The molecule has 4 rings (SSSR count). The van der Waals surface area contributed by atoms with Crippen LogP contribution in [-0.4, -0.2) is 28.8 Å². The fraction of sp³-hybridized carbons (Fsp3) is 0.391. The molecule has 2 N–H and O–H groups in total. The molecule has 0 unspecified atom stereocenters. The second-order valence-corrected chi connectivity index (χ2v) is 8.34. The second-order valence-electron chi connectivity index (χ2n) is 8.34. The van der Waals surface area contributed by atoms with Gasteiger partial charge in [-0.05, 0) is 49.6 Å². The van der Waals surface area contributed by atoms with Crippen molar-refractivity contribution in [1.29, 1.82) is 5.26 Å². The Kier molecular flexibility index (Phi) is 5.41. The number of pyridine rings is 1. The van der Waals surface area contributed by atoms with Crippen LogP contribution in [0.1, 0.15) is 53.4 Å². The first-order chi connectivity index (χ1) is 15.1. The molecule has 1 saturated carbocycles.